The first-order valence-electron chi connectivity index (χ1n) is 7.16. The Bertz CT molecular complexity index is 814. The van der Waals surface area contributed by atoms with Gasteiger partial charge in [0.2, 0.25) is 5.95 Å². The van der Waals surface area contributed by atoms with Gasteiger partial charge in [0.05, 0.1) is 26.9 Å². The van der Waals surface area contributed by atoms with Crippen LogP contribution in [0.3, 0.4) is 0 Å². The number of fused-ring (bicyclic) bond motifs is 1. The highest BCUT2D eigenvalue weighted by Gasteiger charge is 2.35. The maximum atomic E-state index is 12.3. The van der Waals surface area contributed by atoms with Gasteiger partial charge < -0.3 is 19.5 Å². The van der Waals surface area contributed by atoms with Crippen LogP contribution in [0.2, 0.25) is 0 Å². The molecule has 1 aliphatic rings. The number of carbonyl (C=O) groups excluding carboxylic acids is 1. The number of ether oxygens (including phenoxy) is 3. The highest BCUT2D eigenvalue weighted by Crippen LogP contribution is 2.38. The molecular formula is C15H17N5O4. The second-order valence-electron chi connectivity index (χ2n) is 5.12. The Morgan fingerprint density at radius 2 is 1.96 bits per heavy atom. The van der Waals surface area contributed by atoms with Crippen molar-refractivity contribution in [1.29, 1.82) is 0 Å². The fourth-order valence-corrected chi connectivity index (χ4v) is 2.72. The summed E-state index contributed by atoms with van der Waals surface area (Å²) >= 11 is 0. The summed E-state index contributed by atoms with van der Waals surface area (Å²) in [6.07, 6.45) is 0. The molecule has 1 atom stereocenters. The topological polar surface area (TPSA) is 100 Å². The van der Waals surface area contributed by atoms with Gasteiger partial charge in [-0.3, -0.25) is 0 Å². The monoisotopic (exact) mass is 331 g/mol. The van der Waals surface area contributed by atoms with Gasteiger partial charge in [0, 0.05) is 5.70 Å². The largest absolute Gasteiger partial charge is 0.493 e. The van der Waals surface area contributed by atoms with E-state index in [2.05, 4.69) is 20.8 Å². The number of anilines is 1. The van der Waals surface area contributed by atoms with Gasteiger partial charge in [0.25, 0.3) is 0 Å². The summed E-state index contributed by atoms with van der Waals surface area (Å²) in [5.74, 6) is 1.12. The molecule has 0 fully saturated rings. The predicted octanol–water partition coefficient (Wildman–Crippen LogP) is 1.15. The molecule has 2 aromatic rings. The molecule has 1 aromatic carbocycles. The van der Waals surface area contributed by atoms with E-state index in [4.69, 9.17) is 14.2 Å². The minimum Gasteiger partial charge on any atom is -0.493 e. The van der Waals surface area contributed by atoms with Crippen LogP contribution < -0.4 is 14.8 Å². The third-order valence-corrected chi connectivity index (χ3v) is 3.84. The zero-order valence-electron chi connectivity index (χ0n) is 13.7. The van der Waals surface area contributed by atoms with E-state index >= 15 is 0 Å². The lowest BCUT2D eigenvalue weighted by Crippen LogP contribution is -2.29. The van der Waals surface area contributed by atoms with Crippen LogP contribution in [0.1, 0.15) is 18.5 Å². The Balaban J connectivity index is 2.18. The second kappa shape index (κ2) is 6.19. The predicted molar refractivity (Wildman–Crippen MR) is 83.8 cm³/mol. The number of hydrogen-bond donors (Lipinski definition) is 1. The standard InChI is InChI=1S/C15H17N5O4/c1-8-12(14(21)24-4)13(20-15(16-8)17-18-19-20)9-5-6-10(22-2)11(7-9)23-3/h5-7,13H,1-4H3,(H,16,17,19)/t13-/m0/s1. The van der Waals surface area contributed by atoms with Crippen molar-refractivity contribution in [2.45, 2.75) is 13.0 Å². The van der Waals surface area contributed by atoms with Crippen molar-refractivity contribution in [3.05, 3.63) is 35.0 Å². The minimum atomic E-state index is -0.538. The second-order valence-corrected chi connectivity index (χ2v) is 5.12. The van der Waals surface area contributed by atoms with Crippen molar-refractivity contribution in [2.24, 2.45) is 0 Å². The Kier molecular flexibility index (Phi) is 4.07. The summed E-state index contributed by atoms with van der Waals surface area (Å²) in [6.45, 7) is 1.78. The molecule has 0 bridgehead atoms. The molecule has 0 aliphatic carbocycles. The fourth-order valence-electron chi connectivity index (χ4n) is 2.72. The fraction of sp³-hybridized carbons (Fsp3) is 0.333. The summed E-state index contributed by atoms with van der Waals surface area (Å²) in [7, 11) is 4.45. The highest BCUT2D eigenvalue weighted by molar-refractivity contribution is 5.92. The molecule has 3 rings (SSSR count). The van der Waals surface area contributed by atoms with Crippen LogP contribution in [0.5, 0.6) is 11.5 Å². The lowest BCUT2D eigenvalue weighted by atomic mass is 9.95. The number of hydrogen-bond acceptors (Lipinski definition) is 8. The van der Waals surface area contributed by atoms with E-state index in [0.29, 0.717) is 28.7 Å². The van der Waals surface area contributed by atoms with Crippen LogP contribution in [-0.2, 0) is 9.53 Å². The van der Waals surface area contributed by atoms with Gasteiger partial charge in [-0.2, -0.15) is 4.68 Å². The summed E-state index contributed by atoms with van der Waals surface area (Å²) in [6, 6.07) is 4.85. The van der Waals surface area contributed by atoms with Gasteiger partial charge in [0.1, 0.15) is 6.04 Å². The molecule has 0 unspecified atom stereocenters. The van der Waals surface area contributed by atoms with Crippen LogP contribution in [0.4, 0.5) is 5.95 Å². The van der Waals surface area contributed by atoms with Gasteiger partial charge in [-0.25, -0.2) is 4.79 Å². The van der Waals surface area contributed by atoms with E-state index in [1.54, 1.807) is 33.3 Å². The maximum Gasteiger partial charge on any atom is 0.338 e. The molecule has 9 heteroatoms. The van der Waals surface area contributed by atoms with Gasteiger partial charge in [-0.1, -0.05) is 11.2 Å². The Morgan fingerprint density at radius 3 is 2.62 bits per heavy atom. The molecule has 9 nitrogen and oxygen atoms in total. The number of nitrogens with zero attached hydrogens (tertiary/aromatic N) is 4. The number of esters is 1. The zero-order valence-corrected chi connectivity index (χ0v) is 13.7. The summed E-state index contributed by atoms with van der Waals surface area (Å²) in [5, 5.41) is 14.6. The molecule has 0 radical (unpaired) electrons. The number of benzene rings is 1. The number of methoxy groups -OCH3 is 3. The molecule has 0 saturated heterocycles. The van der Waals surface area contributed by atoms with Crippen LogP contribution in [0.15, 0.2) is 29.5 Å². The molecular weight excluding hydrogens is 314 g/mol. The van der Waals surface area contributed by atoms with Crippen LogP contribution >= 0.6 is 0 Å². The number of carbonyl (C=O) groups is 1. The molecule has 2 heterocycles. The van der Waals surface area contributed by atoms with E-state index < -0.39 is 12.0 Å². The van der Waals surface area contributed by atoms with Gasteiger partial charge in [-0.15, -0.1) is 0 Å². The smallest absolute Gasteiger partial charge is 0.338 e. The molecule has 0 spiro atoms. The molecule has 0 saturated carbocycles. The van der Waals surface area contributed by atoms with E-state index in [1.165, 1.54) is 11.8 Å². The lowest BCUT2D eigenvalue weighted by Gasteiger charge is -2.27. The third-order valence-electron chi connectivity index (χ3n) is 3.84. The third kappa shape index (κ3) is 2.43. The van der Waals surface area contributed by atoms with E-state index in [-0.39, 0.29) is 0 Å². The van der Waals surface area contributed by atoms with Crippen molar-refractivity contribution >= 4 is 11.9 Å². The number of rotatable bonds is 4. The van der Waals surface area contributed by atoms with Crippen LogP contribution in [-0.4, -0.2) is 47.5 Å². The van der Waals surface area contributed by atoms with Crippen molar-refractivity contribution in [3.63, 3.8) is 0 Å². The first kappa shape index (κ1) is 15.8. The number of aromatic nitrogens is 4. The quantitative estimate of drug-likeness (QED) is 0.833. The van der Waals surface area contributed by atoms with Gasteiger partial charge in [0.15, 0.2) is 11.5 Å². The van der Waals surface area contributed by atoms with Gasteiger partial charge >= 0.3 is 5.97 Å². The van der Waals surface area contributed by atoms with Crippen molar-refractivity contribution < 1.29 is 19.0 Å². The Hall–Kier alpha value is -3.10. The molecule has 126 valence electrons. The number of nitrogens with one attached hydrogen (secondary N) is 1. The Labute approximate surface area is 138 Å². The lowest BCUT2D eigenvalue weighted by molar-refractivity contribution is -0.136. The highest BCUT2D eigenvalue weighted by atomic mass is 16.5. The normalized spacial score (nSPS) is 16.2. The summed E-state index contributed by atoms with van der Waals surface area (Å²) in [5.41, 5.74) is 1.82. The van der Waals surface area contributed by atoms with Gasteiger partial charge in [-0.05, 0) is 35.0 Å². The first-order chi connectivity index (χ1) is 11.6. The summed E-state index contributed by atoms with van der Waals surface area (Å²) < 4.78 is 17.1. The maximum absolute atomic E-state index is 12.3. The molecule has 1 aromatic heterocycles. The van der Waals surface area contributed by atoms with Crippen LogP contribution in [0, 0.1) is 0 Å². The minimum absolute atomic E-state index is 0.421. The number of allylic oxidation sites excluding steroid dienone is 1. The van der Waals surface area contributed by atoms with Crippen LogP contribution in [0.25, 0.3) is 0 Å². The van der Waals surface area contributed by atoms with E-state index in [1.807, 2.05) is 6.07 Å². The summed E-state index contributed by atoms with van der Waals surface area (Å²) in [4.78, 5) is 12.3. The van der Waals surface area contributed by atoms with Crippen molar-refractivity contribution in [3.8, 4) is 11.5 Å². The average molecular weight is 331 g/mol. The molecule has 0 amide bonds. The van der Waals surface area contributed by atoms with E-state index in [0.717, 1.165) is 5.56 Å². The van der Waals surface area contributed by atoms with Crippen molar-refractivity contribution in [1.82, 2.24) is 20.2 Å². The zero-order chi connectivity index (χ0) is 17.3. The number of tetrazole rings is 1. The first-order valence-corrected chi connectivity index (χ1v) is 7.16. The Morgan fingerprint density at radius 1 is 1.21 bits per heavy atom. The molecule has 1 N–H and O–H groups in total. The molecule has 24 heavy (non-hydrogen) atoms. The van der Waals surface area contributed by atoms with E-state index in [9.17, 15) is 4.79 Å². The average Bonchev–Trinajstić information content (AvgIpc) is 3.07. The molecule has 1 aliphatic heterocycles. The SMILES string of the molecule is COC(=O)C1=C(C)Nc2nnnn2[C@H]1c1ccc(OC)c(OC)c1. The van der Waals surface area contributed by atoms with Crippen molar-refractivity contribution in [2.75, 3.05) is 26.6 Å².